The van der Waals surface area contributed by atoms with Crippen molar-refractivity contribution in [3.05, 3.63) is 52.4 Å². The molecule has 0 aliphatic rings. The van der Waals surface area contributed by atoms with Crippen LogP contribution in [0.5, 0.6) is 0 Å². The smallest absolute Gasteiger partial charge is 0.229 e. The molecule has 1 amide bonds. The van der Waals surface area contributed by atoms with Crippen LogP contribution in [0.25, 0.3) is 10.9 Å². The molecule has 7 nitrogen and oxygen atoms in total. The van der Waals surface area contributed by atoms with Gasteiger partial charge in [0.05, 0.1) is 0 Å². The van der Waals surface area contributed by atoms with Gasteiger partial charge in [-0.1, -0.05) is 25.4 Å². The van der Waals surface area contributed by atoms with Gasteiger partial charge in [-0.2, -0.15) is 0 Å². The van der Waals surface area contributed by atoms with Crippen molar-refractivity contribution in [3.63, 3.8) is 0 Å². The molecule has 8 heteroatoms. The largest absolute Gasteiger partial charge is 0.361 e. The highest BCUT2D eigenvalue weighted by molar-refractivity contribution is 6.31. The molecule has 0 fully saturated rings. The van der Waals surface area contributed by atoms with Gasteiger partial charge in [-0.3, -0.25) is 20.4 Å². The van der Waals surface area contributed by atoms with Crippen molar-refractivity contribution in [1.82, 2.24) is 20.3 Å². The number of aromatic amines is 1. The lowest BCUT2D eigenvalue weighted by Gasteiger charge is -2.14. The summed E-state index contributed by atoms with van der Waals surface area (Å²) in [5, 5.41) is 7.71. The minimum absolute atomic E-state index is 0.0907. The van der Waals surface area contributed by atoms with E-state index in [2.05, 4.69) is 30.6 Å². The fourth-order valence-corrected chi connectivity index (χ4v) is 3.24. The lowest BCUT2D eigenvalue weighted by molar-refractivity contribution is -0.123. The number of hydrogen-bond donors (Lipinski definition) is 3. The summed E-state index contributed by atoms with van der Waals surface area (Å²) < 4.78 is 0. The fourth-order valence-electron chi connectivity index (χ4n) is 3.07. The number of rotatable bonds is 6. The van der Waals surface area contributed by atoms with E-state index in [0.29, 0.717) is 29.9 Å². The number of H-pyrrole nitrogens is 1. The molecule has 2 heterocycles. The number of carbonyl (C=O) groups is 1. The first-order valence-corrected chi connectivity index (χ1v) is 10.4. The Morgan fingerprint density at radius 2 is 1.97 bits per heavy atom. The van der Waals surface area contributed by atoms with Crippen molar-refractivity contribution in [2.45, 2.75) is 40.5 Å². The number of nitrogens with one attached hydrogen (secondary N) is 3. The van der Waals surface area contributed by atoms with Crippen molar-refractivity contribution in [2.24, 2.45) is 10.9 Å². The Bertz CT molecular complexity index is 1050. The molecular weight excluding hydrogens is 400 g/mol. The molecule has 3 rings (SSSR count). The monoisotopic (exact) mass is 426 g/mol. The quantitative estimate of drug-likeness (QED) is 0.402. The van der Waals surface area contributed by atoms with Crippen LogP contribution in [0.3, 0.4) is 0 Å². The predicted molar refractivity (Wildman–Crippen MR) is 122 cm³/mol. The molecule has 3 aromatic rings. The third-order valence-corrected chi connectivity index (χ3v) is 5.13. The maximum absolute atomic E-state index is 12.4. The number of aryl methyl sites for hydroxylation is 2. The highest BCUT2D eigenvalue weighted by Gasteiger charge is 2.14. The van der Waals surface area contributed by atoms with Crippen LogP contribution in [0.4, 0.5) is 5.95 Å². The first-order chi connectivity index (χ1) is 14.4. The van der Waals surface area contributed by atoms with Crippen molar-refractivity contribution >= 4 is 40.3 Å². The van der Waals surface area contributed by atoms with E-state index in [0.717, 1.165) is 34.3 Å². The number of fused-ring (bicyclic) bond motifs is 1. The summed E-state index contributed by atoms with van der Waals surface area (Å²) in [5.74, 6) is 0.553. The number of nitrogens with zero attached hydrogens (tertiary/aromatic N) is 3. The standard InChI is InChI=1S/C22H27ClN6O/c1-5-13(2)20(30)28-21(29-22-26-14(3)10-15(4)27-22)24-9-8-16-12-25-19-7-6-17(23)11-18(16)19/h6-7,10-13,25H,5,8-9H2,1-4H3,(H2,24,26,27,28,29,30)/t13-/m0/s1. The van der Waals surface area contributed by atoms with Gasteiger partial charge in [0, 0.05) is 46.0 Å². The number of amides is 1. The zero-order chi connectivity index (χ0) is 21.7. The minimum atomic E-state index is -0.118. The Balaban J connectivity index is 1.78. The number of halogens is 1. The number of hydrogen-bond acceptors (Lipinski definition) is 4. The molecule has 2 aromatic heterocycles. The molecule has 0 unspecified atom stereocenters. The Morgan fingerprint density at radius 1 is 1.23 bits per heavy atom. The van der Waals surface area contributed by atoms with E-state index in [4.69, 9.17) is 11.6 Å². The number of carbonyl (C=O) groups excluding carboxylic acids is 1. The summed E-state index contributed by atoms with van der Waals surface area (Å²) in [5.41, 5.74) is 3.83. The summed E-state index contributed by atoms with van der Waals surface area (Å²) in [7, 11) is 0. The number of aliphatic imine (C=N–C) groups is 1. The predicted octanol–water partition coefficient (Wildman–Crippen LogP) is 4.40. The Morgan fingerprint density at radius 3 is 2.67 bits per heavy atom. The number of aromatic nitrogens is 3. The molecule has 0 saturated heterocycles. The van der Waals surface area contributed by atoms with Crippen LogP contribution in [-0.2, 0) is 11.2 Å². The number of anilines is 1. The first kappa shape index (κ1) is 21.8. The van der Waals surface area contributed by atoms with Gasteiger partial charge in [0.2, 0.25) is 17.8 Å². The van der Waals surface area contributed by atoms with E-state index >= 15 is 0 Å². The molecule has 30 heavy (non-hydrogen) atoms. The normalized spacial score (nSPS) is 12.8. The van der Waals surface area contributed by atoms with Gasteiger partial charge in [-0.25, -0.2) is 9.97 Å². The van der Waals surface area contributed by atoms with Gasteiger partial charge in [0.25, 0.3) is 0 Å². The minimum Gasteiger partial charge on any atom is -0.361 e. The van der Waals surface area contributed by atoms with E-state index in [1.165, 1.54) is 0 Å². The van der Waals surface area contributed by atoms with Crippen molar-refractivity contribution in [2.75, 3.05) is 11.9 Å². The van der Waals surface area contributed by atoms with E-state index < -0.39 is 0 Å². The summed E-state index contributed by atoms with van der Waals surface area (Å²) >= 11 is 6.14. The van der Waals surface area contributed by atoms with Gasteiger partial charge in [0.1, 0.15) is 0 Å². The van der Waals surface area contributed by atoms with Crippen molar-refractivity contribution in [3.8, 4) is 0 Å². The van der Waals surface area contributed by atoms with Gasteiger partial charge in [-0.05, 0) is 56.5 Å². The lowest BCUT2D eigenvalue weighted by atomic mass is 10.1. The van der Waals surface area contributed by atoms with Crippen molar-refractivity contribution < 1.29 is 4.79 Å². The summed E-state index contributed by atoms with van der Waals surface area (Å²) in [6.07, 6.45) is 3.40. The van der Waals surface area contributed by atoms with Crippen LogP contribution in [0.2, 0.25) is 5.02 Å². The highest BCUT2D eigenvalue weighted by Crippen LogP contribution is 2.22. The van der Waals surface area contributed by atoms with E-state index in [1.54, 1.807) is 0 Å². The summed E-state index contributed by atoms with van der Waals surface area (Å²) in [4.78, 5) is 29.0. The second kappa shape index (κ2) is 9.71. The molecule has 3 N–H and O–H groups in total. The molecule has 0 aliphatic heterocycles. The second-order valence-corrected chi connectivity index (χ2v) is 7.82. The maximum Gasteiger partial charge on any atom is 0.229 e. The third-order valence-electron chi connectivity index (χ3n) is 4.89. The zero-order valence-electron chi connectivity index (χ0n) is 17.7. The molecule has 1 aromatic carbocycles. The first-order valence-electron chi connectivity index (χ1n) is 10.1. The average Bonchev–Trinajstić information content (AvgIpc) is 3.08. The average molecular weight is 427 g/mol. The second-order valence-electron chi connectivity index (χ2n) is 7.38. The molecule has 1 atom stereocenters. The van der Waals surface area contributed by atoms with Crippen LogP contribution in [-0.4, -0.2) is 33.4 Å². The molecule has 0 bridgehead atoms. The fraction of sp³-hybridized carbons (Fsp3) is 0.364. The molecule has 0 saturated carbocycles. The lowest BCUT2D eigenvalue weighted by Crippen LogP contribution is -2.39. The van der Waals surface area contributed by atoms with Crippen molar-refractivity contribution in [1.29, 1.82) is 0 Å². The Kier molecular flexibility index (Phi) is 7.05. The van der Waals surface area contributed by atoms with Crippen LogP contribution in [0.1, 0.15) is 37.2 Å². The van der Waals surface area contributed by atoms with Gasteiger partial charge in [0.15, 0.2) is 0 Å². The third kappa shape index (κ3) is 5.57. The van der Waals surface area contributed by atoms with Crippen LogP contribution in [0.15, 0.2) is 35.5 Å². The summed E-state index contributed by atoms with van der Waals surface area (Å²) in [6.45, 7) is 8.14. The SMILES string of the molecule is CC[C@H](C)C(=O)NC(=NCCc1c[nH]c2ccc(Cl)cc12)Nc1nc(C)cc(C)n1. The summed E-state index contributed by atoms with van der Waals surface area (Å²) in [6, 6.07) is 7.65. The Labute approximate surface area is 181 Å². The van der Waals surface area contributed by atoms with Gasteiger partial charge in [-0.15, -0.1) is 0 Å². The highest BCUT2D eigenvalue weighted by atomic mass is 35.5. The van der Waals surface area contributed by atoms with Crippen LogP contribution in [0, 0.1) is 19.8 Å². The topological polar surface area (TPSA) is 95.1 Å². The maximum atomic E-state index is 12.4. The molecule has 158 valence electrons. The van der Waals surface area contributed by atoms with Crippen LogP contribution >= 0.6 is 11.6 Å². The van der Waals surface area contributed by atoms with E-state index in [9.17, 15) is 4.79 Å². The molecular formula is C22H27ClN6O. The van der Waals surface area contributed by atoms with E-state index in [-0.39, 0.29) is 11.8 Å². The number of guanidine groups is 1. The van der Waals surface area contributed by atoms with Gasteiger partial charge < -0.3 is 4.98 Å². The zero-order valence-corrected chi connectivity index (χ0v) is 18.5. The molecule has 0 aliphatic carbocycles. The van der Waals surface area contributed by atoms with Crippen LogP contribution < -0.4 is 10.6 Å². The molecule has 0 spiro atoms. The van der Waals surface area contributed by atoms with E-state index in [1.807, 2.05) is 58.2 Å². The Hall–Kier alpha value is -2.93. The van der Waals surface area contributed by atoms with Gasteiger partial charge >= 0.3 is 0 Å². The molecule has 0 radical (unpaired) electrons. The number of benzene rings is 1.